The standard InChI is InChI=1S/C24H30FN7O2/c1-4-17(16(3)25)15-27-20-14-21(29-30-23(20)24(26)34)28-18-6-8-19(9-7-18)31-10-12-32(13-11-31)22(33)5-2/h4,6-9,14H,1,5,10-13,15H2,2-3H3,(H2,26,34)(H2,27,28,29). The molecule has 1 aliphatic heterocycles. The van der Waals surface area contributed by atoms with E-state index in [9.17, 15) is 14.0 Å². The van der Waals surface area contributed by atoms with Gasteiger partial charge in [0.2, 0.25) is 5.91 Å². The molecule has 0 aliphatic carbocycles. The highest BCUT2D eigenvalue weighted by atomic mass is 19.1. The average molecular weight is 468 g/mol. The minimum atomic E-state index is -0.743. The summed E-state index contributed by atoms with van der Waals surface area (Å²) < 4.78 is 13.5. The number of piperazine rings is 1. The topological polar surface area (TPSA) is 116 Å². The fourth-order valence-corrected chi connectivity index (χ4v) is 3.64. The molecule has 0 atom stereocenters. The Hall–Kier alpha value is -3.95. The Balaban J connectivity index is 1.68. The molecule has 2 amide bonds. The van der Waals surface area contributed by atoms with Crippen molar-refractivity contribution in [3.05, 3.63) is 60.1 Å². The number of aromatic nitrogens is 2. The Kier molecular flexibility index (Phi) is 8.18. The van der Waals surface area contributed by atoms with Gasteiger partial charge in [0, 0.05) is 62.2 Å². The lowest BCUT2D eigenvalue weighted by molar-refractivity contribution is -0.131. The second kappa shape index (κ2) is 11.3. The van der Waals surface area contributed by atoms with Gasteiger partial charge in [-0.05, 0) is 31.2 Å². The van der Waals surface area contributed by atoms with E-state index in [2.05, 4.69) is 32.3 Å². The van der Waals surface area contributed by atoms with E-state index in [4.69, 9.17) is 5.73 Å². The third-order valence-corrected chi connectivity index (χ3v) is 5.63. The summed E-state index contributed by atoms with van der Waals surface area (Å²) in [4.78, 5) is 27.7. The van der Waals surface area contributed by atoms with Crippen LogP contribution >= 0.6 is 0 Å². The van der Waals surface area contributed by atoms with Crippen molar-refractivity contribution in [2.45, 2.75) is 20.3 Å². The Morgan fingerprint density at radius 2 is 1.85 bits per heavy atom. The van der Waals surface area contributed by atoms with Crippen LogP contribution in [-0.2, 0) is 4.79 Å². The van der Waals surface area contributed by atoms with E-state index in [-0.39, 0.29) is 24.0 Å². The zero-order chi connectivity index (χ0) is 24.7. The predicted octanol–water partition coefficient (Wildman–Crippen LogP) is 3.22. The molecule has 2 aromatic rings. The zero-order valence-electron chi connectivity index (χ0n) is 19.5. The molecule has 180 valence electrons. The van der Waals surface area contributed by atoms with Crippen molar-refractivity contribution >= 4 is 34.7 Å². The van der Waals surface area contributed by atoms with Gasteiger partial charge in [0.25, 0.3) is 5.91 Å². The van der Waals surface area contributed by atoms with Crippen LogP contribution in [-0.4, -0.2) is 59.6 Å². The fraction of sp³-hybridized carbons (Fsp3) is 0.333. The van der Waals surface area contributed by atoms with Gasteiger partial charge in [-0.2, -0.15) is 0 Å². The van der Waals surface area contributed by atoms with Crippen molar-refractivity contribution < 1.29 is 14.0 Å². The van der Waals surface area contributed by atoms with Crippen LogP contribution in [0.3, 0.4) is 0 Å². The summed E-state index contributed by atoms with van der Waals surface area (Å²) >= 11 is 0. The van der Waals surface area contributed by atoms with Crippen molar-refractivity contribution in [1.29, 1.82) is 0 Å². The minimum absolute atomic E-state index is 0.0403. The molecule has 10 heteroatoms. The molecule has 1 aromatic heterocycles. The van der Waals surface area contributed by atoms with Crippen molar-refractivity contribution in [2.75, 3.05) is 48.3 Å². The van der Waals surface area contributed by atoms with E-state index < -0.39 is 5.91 Å². The Bertz CT molecular complexity index is 1070. The molecule has 0 unspecified atom stereocenters. The summed E-state index contributed by atoms with van der Waals surface area (Å²) in [5.74, 6) is -0.532. The van der Waals surface area contributed by atoms with Gasteiger partial charge in [0.05, 0.1) is 5.69 Å². The molecule has 2 heterocycles. The molecule has 0 bridgehead atoms. The molecule has 0 spiro atoms. The number of halogens is 1. The molecule has 1 aromatic carbocycles. The van der Waals surface area contributed by atoms with Crippen LogP contribution in [0.4, 0.5) is 27.3 Å². The number of carbonyl (C=O) groups is 2. The molecule has 0 radical (unpaired) electrons. The van der Waals surface area contributed by atoms with E-state index in [1.807, 2.05) is 36.1 Å². The summed E-state index contributed by atoms with van der Waals surface area (Å²) in [7, 11) is 0. The molecule has 1 fully saturated rings. The largest absolute Gasteiger partial charge is 0.379 e. The highest BCUT2D eigenvalue weighted by Crippen LogP contribution is 2.24. The van der Waals surface area contributed by atoms with Crippen LogP contribution in [0.1, 0.15) is 30.8 Å². The molecule has 3 rings (SSSR count). The lowest BCUT2D eigenvalue weighted by atomic mass is 10.2. The molecule has 34 heavy (non-hydrogen) atoms. The van der Waals surface area contributed by atoms with Gasteiger partial charge in [-0.1, -0.05) is 19.6 Å². The van der Waals surface area contributed by atoms with Crippen molar-refractivity contribution in [3.8, 4) is 0 Å². The van der Waals surface area contributed by atoms with E-state index in [1.54, 1.807) is 6.07 Å². The van der Waals surface area contributed by atoms with Crippen LogP contribution in [0, 0.1) is 0 Å². The quantitative estimate of drug-likeness (QED) is 0.485. The van der Waals surface area contributed by atoms with Crippen LogP contribution in [0.25, 0.3) is 0 Å². The number of hydrogen-bond donors (Lipinski definition) is 3. The second-order valence-corrected chi connectivity index (χ2v) is 7.87. The van der Waals surface area contributed by atoms with Gasteiger partial charge in [-0.15, -0.1) is 10.2 Å². The van der Waals surface area contributed by atoms with E-state index >= 15 is 0 Å². The summed E-state index contributed by atoms with van der Waals surface area (Å²) in [5.41, 5.74) is 7.90. The smallest absolute Gasteiger partial charge is 0.271 e. The second-order valence-electron chi connectivity index (χ2n) is 7.87. The monoisotopic (exact) mass is 467 g/mol. The first-order valence-electron chi connectivity index (χ1n) is 11.1. The van der Waals surface area contributed by atoms with Crippen molar-refractivity contribution in [2.24, 2.45) is 5.73 Å². The number of rotatable bonds is 9. The summed E-state index contributed by atoms with van der Waals surface area (Å²) in [6.07, 6.45) is 1.94. The maximum atomic E-state index is 13.5. The number of allylic oxidation sites excluding steroid dienone is 1. The van der Waals surface area contributed by atoms with Crippen molar-refractivity contribution in [1.82, 2.24) is 15.1 Å². The van der Waals surface area contributed by atoms with Crippen LogP contribution < -0.4 is 21.3 Å². The lowest BCUT2D eigenvalue weighted by Gasteiger charge is -2.36. The van der Waals surface area contributed by atoms with E-state index in [0.29, 0.717) is 23.5 Å². The molecular weight excluding hydrogens is 437 g/mol. The molecule has 1 saturated heterocycles. The minimum Gasteiger partial charge on any atom is -0.379 e. The van der Waals surface area contributed by atoms with Gasteiger partial charge in [-0.3, -0.25) is 9.59 Å². The number of nitrogens with zero attached hydrogens (tertiary/aromatic N) is 4. The van der Waals surface area contributed by atoms with Crippen LogP contribution in [0.2, 0.25) is 0 Å². The first-order valence-corrected chi connectivity index (χ1v) is 11.1. The SMILES string of the molecule is C=CC(CNc1cc(Nc2ccc(N3CCN(C(=O)CC)CC3)cc2)nnc1C(N)=O)=C(C)F. The molecular formula is C24H30FN7O2. The Morgan fingerprint density at radius 1 is 1.18 bits per heavy atom. The van der Waals surface area contributed by atoms with Gasteiger partial charge in [-0.25, -0.2) is 4.39 Å². The lowest BCUT2D eigenvalue weighted by Crippen LogP contribution is -2.48. The number of hydrogen-bond acceptors (Lipinski definition) is 7. The van der Waals surface area contributed by atoms with Gasteiger partial charge < -0.3 is 26.2 Å². The first kappa shape index (κ1) is 24.7. The molecule has 0 saturated carbocycles. The fourth-order valence-electron chi connectivity index (χ4n) is 3.64. The zero-order valence-corrected chi connectivity index (χ0v) is 19.5. The first-order chi connectivity index (χ1) is 16.3. The maximum absolute atomic E-state index is 13.5. The highest BCUT2D eigenvalue weighted by molar-refractivity contribution is 5.96. The summed E-state index contributed by atoms with van der Waals surface area (Å²) in [6, 6.07) is 9.42. The number of amides is 2. The van der Waals surface area contributed by atoms with Crippen LogP contribution in [0.5, 0.6) is 0 Å². The van der Waals surface area contributed by atoms with Crippen LogP contribution in [0.15, 0.2) is 54.4 Å². The number of nitrogens with one attached hydrogen (secondary N) is 2. The predicted molar refractivity (Wildman–Crippen MR) is 132 cm³/mol. The maximum Gasteiger partial charge on any atom is 0.271 e. The number of carbonyl (C=O) groups excluding carboxylic acids is 2. The molecule has 1 aliphatic rings. The third-order valence-electron chi connectivity index (χ3n) is 5.63. The van der Waals surface area contributed by atoms with Gasteiger partial charge in [0.15, 0.2) is 11.5 Å². The number of nitrogens with two attached hydrogens (primary N) is 1. The Morgan fingerprint density at radius 3 is 2.41 bits per heavy atom. The number of anilines is 4. The van der Waals surface area contributed by atoms with E-state index in [1.165, 1.54) is 13.0 Å². The third kappa shape index (κ3) is 6.09. The normalized spacial score (nSPS) is 14.3. The number of primary amides is 1. The van der Waals surface area contributed by atoms with E-state index in [0.717, 1.165) is 37.6 Å². The average Bonchev–Trinajstić information content (AvgIpc) is 2.84. The molecule has 9 nitrogen and oxygen atoms in total. The van der Waals surface area contributed by atoms with Gasteiger partial charge in [0.1, 0.15) is 5.83 Å². The molecule has 4 N–H and O–H groups in total. The number of benzene rings is 1. The van der Waals surface area contributed by atoms with Crippen molar-refractivity contribution in [3.63, 3.8) is 0 Å². The summed E-state index contributed by atoms with van der Waals surface area (Å²) in [6.45, 7) is 9.92. The Labute approximate surface area is 198 Å². The summed E-state index contributed by atoms with van der Waals surface area (Å²) in [5, 5.41) is 14.1. The highest BCUT2D eigenvalue weighted by Gasteiger charge is 2.20. The van der Waals surface area contributed by atoms with Gasteiger partial charge >= 0.3 is 0 Å².